The van der Waals surface area contributed by atoms with Crippen LogP contribution in [0.3, 0.4) is 0 Å². The molecule has 0 spiro atoms. The van der Waals surface area contributed by atoms with Crippen LogP contribution in [0.4, 0.5) is 5.82 Å². The van der Waals surface area contributed by atoms with Gasteiger partial charge in [0.05, 0.1) is 6.61 Å². The number of aryl methyl sites for hydroxylation is 1. The van der Waals surface area contributed by atoms with Crippen molar-refractivity contribution in [1.29, 1.82) is 0 Å². The maximum absolute atomic E-state index is 5.40. The summed E-state index contributed by atoms with van der Waals surface area (Å²) in [7, 11) is 0. The summed E-state index contributed by atoms with van der Waals surface area (Å²) in [5.41, 5.74) is 0. The maximum atomic E-state index is 5.40. The first-order valence-electron chi connectivity index (χ1n) is 6.06. The van der Waals surface area contributed by atoms with Crippen molar-refractivity contribution in [3.63, 3.8) is 0 Å². The molecule has 1 aromatic heterocycles. The minimum atomic E-state index is 0.379. The predicted molar refractivity (Wildman–Crippen MR) is 71.1 cm³/mol. The molecule has 2 rings (SSSR count). The summed E-state index contributed by atoms with van der Waals surface area (Å²) >= 11 is 3.41. The highest BCUT2D eigenvalue weighted by Gasteiger charge is 2.22. The number of ether oxygens (including phenoxy) is 1. The van der Waals surface area contributed by atoms with E-state index >= 15 is 0 Å². The minimum absolute atomic E-state index is 0.379. The van der Waals surface area contributed by atoms with E-state index in [0.29, 0.717) is 12.0 Å². The van der Waals surface area contributed by atoms with E-state index in [0.717, 1.165) is 42.3 Å². The molecule has 0 aromatic carbocycles. The zero-order valence-electron chi connectivity index (χ0n) is 10.2. The average molecular weight is 300 g/mol. The van der Waals surface area contributed by atoms with E-state index in [1.807, 2.05) is 6.07 Å². The molecule has 1 aromatic rings. The first kappa shape index (κ1) is 12.8. The zero-order valence-corrected chi connectivity index (χ0v) is 11.8. The van der Waals surface area contributed by atoms with Crippen LogP contribution < -0.4 is 5.32 Å². The molecule has 0 amide bonds. The summed E-state index contributed by atoms with van der Waals surface area (Å²) in [6, 6.07) is 2.30. The van der Waals surface area contributed by atoms with Crippen LogP contribution in [0, 0.1) is 5.92 Å². The number of hydrogen-bond acceptors (Lipinski definition) is 4. The number of nitrogens with zero attached hydrogens (tertiary/aromatic N) is 2. The second-order valence-electron chi connectivity index (χ2n) is 4.40. The van der Waals surface area contributed by atoms with E-state index in [9.17, 15) is 0 Å². The predicted octanol–water partition coefficient (Wildman–Crippen LogP) is 2.64. The Hall–Kier alpha value is -0.680. The molecule has 2 heterocycles. The topological polar surface area (TPSA) is 47.0 Å². The Kier molecular flexibility index (Phi) is 4.34. The molecule has 1 fully saturated rings. The van der Waals surface area contributed by atoms with Crippen molar-refractivity contribution in [1.82, 2.24) is 9.97 Å². The van der Waals surface area contributed by atoms with Gasteiger partial charge in [-0.2, -0.15) is 0 Å². The highest BCUT2D eigenvalue weighted by atomic mass is 79.9. The summed E-state index contributed by atoms with van der Waals surface area (Å²) in [6.45, 7) is 5.96. The summed E-state index contributed by atoms with van der Waals surface area (Å²) in [6.07, 6.45) is 1.97. The van der Waals surface area contributed by atoms with Crippen LogP contribution in [0.5, 0.6) is 0 Å². The molecular formula is C12H18BrN3O. The second-order valence-corrected chi connectivity index (χ2v) is 5.21. The number of nitrogens with one attached hydrogen (secondary N) is 1. The van der Waals surface area contributed by atoms with Gasteiger partial charge in [-0.15, -0.1) is 0 Å². The summed E-state index contributed by atoms with van der Waals surface area (Å²) in [5, 5.41) is 3.44. The van der Waals surface area contributed by atoms with Crippen molar-refractivity contribution in [2.24, 2.45) is 5.92 Å². The number of hydrogen-bond donors (Lipinski definition) is 1. The van der Waals surface area contributed by atoms with Crippen LogP contribution in [0.15, 0.2) is 10.7 Å². The molecule has 1 aliphatic heterocycles. The summed E-state index contributed by atoms with van der Waals surface area (Å²) in [5.74, 6) is 2.33. The van der Waals surface area contributed by atoms with E-state index < -0.39 is 0 Å². The molecule has 4 nitrogen and oxygen atoms in total. The van der Waals surface area contributed by atoms with Crippen LogP contribution in [0.2, 0.25) is 0 Å². The summed E-state index contributed by atoms with van der Waals surface area (Å²) < 4.78 is 6.24. The van der Waals surface area contributed by atoms with Gasteiger partial charge in [-0.1, -0.05) is 6.92 Å². The van der Waals surface area contributed by atoms with E-state index in [4.69, 9.17) is 4.74 Å². The van der Waals surface area contributed by atoms with Crippen LogP contribution >= 0.6 is 15.9 Å². The summed E-state index contributed by atoms with van der Waals surface area (Å²) in [4.78, 5) is 8.77. The Labute approximate surface area is 110 Å². The quantitative estimate of drug-likeness (QED) is 0.868. The molecule has 2 atom stereocenters. The van der Waals surface area contributed by atoms with Gasteiger partial charge >= 0.3 is 0 Å². The lowest BCUT2D eigenvalue weighted by Crippen LogP contribution is -2.26. The lowest BCUT2D eigenvalue weighted by Gasteiger charge is -2.20. The van der Waals surface area contributed by atoms with Crippen LogP contribution in [0.25, 0.3) is 0 Å². The van der Waals surface area contributed by atoms with Gasteiger partial charge in [-0.25, -0.2) is 9.97 Å². The van der Waals surface area contributed by atoms with Gasteiger partial charge in [0.25, 0.3) is 0 Å². The number of aromatic nitrogens is 2. The van der Waals surface area contributed by atoms with Crippen molar-refractivity contribution in [3.8, 4) is 0 Å². The second kappa shape index (κ2) is 5.78. The first-order chi connectivity index (χ1) is 8.19. The van der Waals surface area contributed by atoms with Gasteiger partial charge in [0.1, 0.15) is 16.2 Å². The molecular weight excluding hydrogens is 282 g/mol. The smallest absolute Gasteiger partial charge is 0.131 e. The maximum Gasteiger partial charge on any atom is 0.131 e. The Morgan fingerprint density at radius 3 is 3.06 bits per heavy atom. The molecule has 0 saturated carbocycles. The zero-order chi connectivity index (χ0) is 12.3. The van der Waals surface area contributed by atoms with Gasteiger partial charge in [0.15, 0.2) is 0 Å². The number of rotatable bonds is 4. The molecule has 1 N–H and O–H groups in total. The fourth-order valence-electron chi connectivity index (χ4n) is 1.99. The molecule has 94 valence electrons. The van der Waals surface area contributed by atoms with E-state index in [1.54, 1.807) is 0 Å². The van der Waals surface area contributed by atoms with Crippen LogP contribution in [-0.2, 0) is 11.2 Å². The lowest BCUT2D eigenvalue weighted by molar-refractivity contribution is 0.183. The lowest BCUT2D eigenvalue weighted by atomic mass is 10.0. The Bertz CT molecular complexity index is 380. The van der Waals surface area contributed by atoms with Crippen LogP contribution in [0.1, 0.15) is 26.1 Å². The fraction of sp³-hybridized carbons (Fsp3) is 0.667. The van der Waals surface area contributed by atoms with Crippen molar-refractivity contribution in [2.45, 2.75) is 32.7 Å². The van der Waals surface area contributed by atoms with Crippen molar-refractivity contribution in [2.75, 3.05) is 18.5 Å². The number of halogens is 1. The largest absolute Gasteiger partial charge is 0.381 e. The third-order valence-electron chi connectivity index (χ3n) is 3.10. The van der Waals surface area contributed by atoms with Crippen molar-refractivity contribution in [3.05, 3.63) is 16.5 Å². The van der Waals surface area contributed by atoms with Gasteiger partial charge in [-0.3, -0.25) is 0 Å². The minimum Gasteiger partial charge on any atom is -0.381 e. The molecule has 0 bridgehead atoms. The third-order valence-corrected chi connectivity index (χ3v) is 3.51. The van der Waals surface area contributed by atoms with E-state index in [-0.39, 0.29) is 0 Å². The normalized spacial score (nSPS) is 21.5. The van der Waals surface area contributed by atoms with Gasteiger partial charge in [-0.05, 0) is 29.3 Å². The Morgan fingerprint density at radius 1 is 1.59 bits per heavy atom. The van der Waals surface area contributed by atoms with Crippen LogP contribution in [-0.4, -0.2) is 29.2 Å². The molecule has 5 heteroatoms. The van der Waals surface area contributed by atoms with Crippen molar-refractivity contribution >= 4 is 21.7 Å². The van der Waals surface area contributed by atoms with Gasteiger partial charge in [0, 0.05) is 31.1 Å². The molecule has 0 aliphatic carbocycles. The standard InChI is InChI=1S/C12H18BrN3O/c1-3-11-15-10(13)6-12(16-11)14-8(2)9-4-5-17-7-9/h6,8-9H,3-5,7H2,1-2H3,(H,14,15,16). The fourth-order valence-corrected chi connectivity index (χ4v) is 2.42. The molecule has 0 radical (unpaired) electrons. The molecule has 1 aliphatic rings. The highest BCUT2D eigenvalue weighted by Crippen LogP contribution is 2.20. The SMILES string of the molecule is CCc1nc(Br)cc(NC(C)C2CCOC2)n1. The van der Waals surface area contributed by atoms with E-state index in [2.05, 4.69) is 45.1 Å². The third kappa shape index (κ3) is 3.39. The monoisotopic (exact) mass is 299 g/mol. The van der Waals surface area contributed by atoms with Gasteiger partial charge < -0.3 is 10.1 Å². The molecule has 2 unspecified atom stereocenters. The average Bonchev–Trinajstić information content (AvgIpc) is 2.81. The van der Waals surface area contributed by atoms with Gasteiger partial charge in [0.2, 0.25) is 0 Å². The van der Waals surface area contributed by atoms with Crippen molar-refractivity contribution < 1.29 is 4.74 Å². The molecule has 1 saturated heterocycles. The van der Waals surface area contributed by atoms with E-state index in [1.165, 1.54) is 0 Å². The Balaban J connectivity index is 2.04. The first-order valence-corrected chi connectivity index (χ1v) is 6.86. The molecule has 17 heavy (non-hydrogen) atoms. The number of anilines is 1. The Morgan fingerprint density at radius 2 is 2.41 bits per heavy atom. The highest BCUT2D eigenvalue weighted by molar-refractivity contribution is 9.10.